The normalized spacial score (nSPS) is 55.3. The number of carbonyl (C=O) groups is 1. The Labute approximate surface area is 545 Å². The summed E-state index contributed by atoms with van der Waals surface area (Å²) in [6.07, 6.45) is -37.7. The van der Waals surface area contributed by atoms with Crippen molar-refractivity contribution >= 4 is 5.97 Å². The van der Waals surface area contributed by atoms with Gasteiger partial charge in [0.2, 0.25) is 6.29 Å². The van der Waals surface area contributed by atoms with Gasteiger partial charge in [-0.25, -0.2) is 0 Å². The van der Waals surface area contributed by atoms with Crippen molar-refractivity contribution in [2.45, 2.75) is 298 Å². The number of fused-ring (bicyclic) bond motifs is 7. The zero-order valence-corrected chi connectivity index (χ0v) is 54.6. The van der Waals surface area contributed by atoms with Crippen LogP contribution in [0.3, 0.4) is 0 Å². The maximum absolute atomic E-state index is 15.3. The van der Waals surface area contributed by atoms with Gasteiger partial charge in [0.1, 0.15) is 122 Å². The summed E-state index contributed by atoms with van der Waals surface area (Å²) in [4.78, 5) is 15.3. The largest absolute Gasteiger partial charge is 0.432 e. The third-order valence-electron chi connectivity index (χ3n) is 24.9. The summed E-state index contributed by atoms with van der Waals surface area (Å²) in [5.41, 5.74) is -2.33. The summed E-state index contributed by atoms with van der Waals surface area (Å²) in [6, 6.07) is 0. The van der Waals surface area contributed by atoms with E-state index in [0.717, 1.165) is 12.0 Å². The molecule has 11 rings (SSSR count). The van der Waals surface area contributed by atoms with E-state index in [-0.39, 0.29) is 41.8 Å². The zero-order chi connectivity index (χ0) is 68.4. The average molecular weight is 1350 g/mol. The van der Waals surface area contributed by atoms with E-state index in [4.69, 9.17) is 56.8 Å². The molecule has 0 aromatic carbocycles. The van der Waals surface area contributed by atoms with Gasteiger partial charge in [0.15, 0.2) is 31.5 Å². The van der Waals surface area contributed by atoms with Crippen molar-refractivity contribution < 1.29 is 148 Å². The summed E-state index contributed by atoms with van der Waals surface area (Å²) < 4.78 is 72.1. The molecule has 94 heavy (non-hydrogen) atoms. The van der Waals surface area contributed by atoms with Crippen LogP contribution < -0.4 is 0 Å². The molecule has 0 radical (unpaired) electrons. The first-order chi connectivity index (χ1) is 44.1. The molecule has 0 amide bonds. The van der Waals surface area contributed by atoms with E-state index in [2.05, 4.69) is 40.7 Å². The van der Waals surface area contributed by atoms with Gasteiger partial charge in [-0.05, 0) is 117 Å². The minimum atomic E-state index is -1.92. The van der Waals surface area contributed by atoms with Crippen LogP contribution in [0.1, 0.15) is 120 Å². The molecule has 6 heterocycles. The molecule has 17 N–H and O–H groups in total. The molecular formula is C64H104O30. The highest BCUT2D eigenvalue weighted by Gasteiger charge is 2.71. The molecule has 540 valence electrons. The van der Waals surface area contributed by atoms with Gasteiger partial charge in [-0.3, -0.25) is 4.79 Å². The molecule has 4 saturated carbocycles. The van der Waals surface area contributed by atoms with Crippen LogP contribution in [0.5, 0.6) is 0 Å². The molecular weight excluding hydrogens is 1250 g/mol. The summed E-state index contributed by atoms with van der Waals surface area (Å²) >= 11 is 0. The number of esters is 1. The van der Waals surface area contributed by atoms with Crippen LogP contribution in [0.2, 0.25) is 0 Å². The topological polar surface area (TPSA) is 472 Å². The maximum Gasteiger partial charge on any atom is 0.315 e. The number of allylic oxidation sites excluding steroid dienone is 2. The fourth-order valence-electron chi connectivity index (χ4n) is 18.7. The van der Waals surface area contributed by atoms with Crippen LogP contribution in [0.4, 0.5) is 0 Å². The first kappa shape index (κ1) is 73.3. The molecule has 6 aliphatic heterocycles. The molecule has 10 fully saturated rings. The summed E-state index contributed by atoms with van der Waals surface area (Å²) in [6.45, 7) is 13.6. The van der Waals surface area contributed by atoms with Crippen molar-refractivity contribution in [2.75, 3.05) is 33.0 Å². The molecule has 37 atom stereocenters. The molecule has 5 aliphatic carbocycles. The summed E-state index contributed by atoms with van der Waals surface area (Å²) in [7, 11) is 0. The maximum atomic E-state index is 15.3. The van der Waals surface area contributed by atoms with Crippen LogP contribution in [0.25, 0.3) is 0 Å². The number of aliphatic hydroxyl groups is 17. The van der Waals surface area contributed by atoms with Gasteiger partial charge in [0, 0.05) is 5.41 Å². The van der Waals surface area contributed by atoms with Gasteiger partial charge in [-0.15, -0.1) is 0 Å². The first-order valence-electron chi connectivity index (χ1n) is 33.5. The summed E-state index contributed by atoms with van der Waals surface area (Å²) in [5, 5.41) is 185. The fourth-order valence-corrected chi connectivity index (χ4v) is 18.7. The monoisotopic (exact) mass is 1350 g/mol. The van der Waals surface area contributed by atoms with Crippen LogP contribution in [-0.4, -0.2) is 304 Å². The van der Waals surface area contributed by atoms with Crippen molar-refractivity contribution in [1.82, 2.24) is 0 Å². The highest BCUT2D eigenvalue weighted by atomic mass is 16.8. The minimum Gasteiger partial charge on any atom is -0.432 e. The van der Waals surface area contributed by atoms with Crippen LogP contribution in [-0.2, 0) is 61.6 Å². The third kappa shape index (κ3) is 12.5. The van der Waals surface area contributed by atoms with Crippen LogP contribution in [0, 0.1) is 50.2 Å². The Balaban J connectivity index is 0.794. The standard InChI is InChI=1S/C64H104O30/c1-25-36(69)40(73)45(78)54(86-25)92-50-31(20-65)88-52(48(81)43(50)76)85-23-32-39(72)42(75)47(80)56(89-32)94-58(82)64-17-15-59(3,4)19-28(64)27-9-10-34-60(5)13-12-35(61(6,24-66)33(60)11-14-63(34,8)62(27,7)16-18-64)90-57-51(93-55-46(79)41(74)37(70)26(2)87-55)49(30(68)22-84-57)91-53-44(77)38(71)29(67)21-83-53/h9,25-26,28-57,65-81H,10-24H2,1-8H3/t25-,26-,28-,29+,30-,31+,32+,33+,34+,35-,36-,37-,38-,39+,40+,41+,42-,43+,44+,45+,46+,47+,48+,49-,50+,51+,52+,53-,54-,55-,56-,57-,60-,61-,62+,63+,64-/m0/s1. The lowest BCUT2D eigenvalue weighted by molar-refractivity contribution is -0.384. The average Bonchev–Trinajstić information content (AvgIpc) is 0.675. The molecule has 30 heteroatoms. The zero-order valence-electron chi connectivity index (χ0n) is 54.6. The Bertz CT molecular complexity index is 2640. The second kappa shape index (κ2) is 27.5. The van der Waals surface area contributed by atoms with E-state index in [9.17, 15) is 86.8 Å². The van der Waals surface area contributed by atoms with Crippen LogP contribution in [0.15, 0.2) is 11.6 Å². The lowest BCUT2D eigenvalue weighted by Gasteiger charge is -2.71. The highest BCUT2D eigenvalue weighted by molar-refractivity contribution is 5.79. The Kier molecular flexibility index (Phi) is 21.4. The van der Waals surface area contributed by atoms with E-state index in [1.807, 2.05) is 6.92 Å². The van der Waals surface area contributed by atoms with Crippen LogP contribution >= 0.6 is 0 Å². The van der Waals surface area contributed by atoms with Gasteiger partial charge in [0.25, 0.3) is 0 Å². The van der Waals surface area contributed by atoms with E-state index >= 15 is 4.79 Å². The number of hydrogen-bond donors (Lipinski definition) is 17. The fraction of sp³-hybridized carbons (Fsp3) is 0.953. The number of aliphatic hydroxyl groups excluding tert-OH is 17. The molecule has 0 bridgehead atoms. The quantitative estimate of drug-likeness (QED) is 0.0421. The van der Waals surface area contributed by atoms with Gasteiger partial charge < -0.3 is 144 Å². The van der Waals surface area contributed by atoms with E-state index in [1.165, 1.54) is 13.8 Å². The van der Waals surface area contributed by atoms with E-state index in [0.29, 0.717) is 57.8 Å². The molecule has 0 aromatic rings. The molecule has 6 saturated heterocycles. The Hall–Kier alpha value is -1.91. The van der Waals surface area contributed by atoms with Gasteiger partial charge in [0.05, 0.1) is 56.8 Å². The Morgan fingerprint density at radius 2 is 1.06 bits per heavy atom. The van der Waals surface area contributed by atoms with Crippen molar-refractivity contribution in [3.8, 4) is 0 Å². The van der Waals surface area contributed by atoms with Gasteiger partial charge in [-0.1, -0.05) is 53.2 Å². The number of ether oxygens (including phenoxy) is 12. The van der Waals surface area contributed by atoms with Crippen molar-refractivity contribution in [2.24, 2.45) is 50.2 Å². The Morgan fingerprint density at radius 3 is 1.70 bits per heavy atom. The Morgan fingerprint density at radius 1 is 0.511 bits per heavy atom. The SMILES string of the molecule is C[C@@H]1O[C@@H](O[C@H]2[C@H](O[C@H]3CC[C@@]4(C)[C@@H](CC[C@]5(C)[C@@H]4CC=C4[C@@H]6CC(C)(C)CC[C@]6(C(=O)O[C@@H]6O[C@H](CO[C@@H]7O[C@H](CO)[C@@H](O[C@@H]8O[C@@H](C)[C@H](O)[C@@H](O)[C@H]8O)[C@H](O)[C@H]7O)[C@@H](O)[C@H](O)[C@H]6O)CC[C@]45C)[C@]3(C)CO)OC[C@H](O)[C@@H]2O[C@@H]2OC[C@@H](O)[C@H](O)[C@H]2O)[C@H](O)[C@H](O)[C@H]1O. The third-order valence-corrected chi connectivity index (χ3v) is 24.9. The lowest BCUT2D eigenvalue weighted by Crippen LogP contribution is -2.67. The predicted octanol–water partition coefficient (Wildman–Crippen LogP) is -4.08. The second-order valence-corrected chi connectivity index (χ2v) is 30.8. The smallest absolute Gasteiger partial charge is 0.315 e. The van der Waals surface area contributed by atoms with E-state index in [1.54, 1.807) is 0 Å². The summed E-state index contributed by atoms with van der Waals surface area (Å²) in [5.74, 6) is -1.07. The predicted molar refractivity (Wildman–Crippen MR) is 315 cm³/mol. The second-order valence-electron chi connectivity index (χ2n) is 30.8. The number of rotatable bonds is 15. The van der Waals surface area contributed by atoms with Crippen molar-refractivity contribution in [3.05, 3.63) is 11.6 Å². The van der Waals surface area contributed by atoms with Gasteiger partial charge in [-0.2, -0.15) is 0 Å². The molecule has 30 nitrogen and oxygen atoms in total. The highest BCUT2D eigenvalue weighted by Crippen LogP contribution is 2.76. The van der Waals surface area contributed by atoms with E-state index < -0.39 is 226 Å². The molecule has 0 spiro atoms. The van der Waals surface area contributed by atoms with Crippen molar-refractivity contribution in [1.29, 1.82) is 0 Å². The lowest BCUT2D eigenvalue weighted by atomic mass is 9.33. The molecule has 0 unspecified atom stereocenters. The van der Waals surface area contributed by atoms with Gasteiger partial charge >= 0.3 is 5.97 Å². The van der Waals surface area contributed by atoms with Crippen molar-refractivity contribution in [3.63, 3.8) is 0 Å². The molecule has 0 aromatic heterocycles. The number of hydrogen-bond acceptors (Lipinski definition) is 30. The molecule has 11 aliphatic rings. The number of carbonyl (C=O) groups excluding carboxylic acids is 1. The minimum absolute atomic E-state index is 0.0558. The first-order valence-corrected chi connectivity index (χ1v) is 33.5.